The Morgan fingerprint density at radius 2 is 0.951 bits per heavy atom. The molecule has 0 aliphatic heterocycles. The molecule has 0 radical (unpaired) electrons. The number of rotatable bonds is 4. The van der Waals surface area contributed by atoms with Crippen molar-refractivity contribution >= 4 is 76.4 Å². The number of benzene rings is 9. The molecule has 0 amide bonds. The van der Waals surface area contributed by atoms with Crippen LogP contribution in [0.1, 0.15) is 22.3 Å². The number of fused-ring (bicyclic) bond motifs is 18. The summed E-state index contributed by atoms with van der Waals surface area (Å²) in [6.45, 7) is 0. The van der Waals surface area contributed by atoms with E-state index in [0.29, 0.717) is 0 Å². The molecule has 61 heavy (non-hydrogen) atoms. The lowest BCUT2D eigenvalue weighted by Gasteiger charge is -2.32. The number of nitrogens with zero attached hydrogens (tertiary/aromatic N) is 4. The molecule has 0 saturated heterocycles. The van der Waals surface area contributed by atoms with Crippen molar-refractivity contribution in [3.05, 3.63) is 229 Å². The normalized spacial score (nSPS) is 13.4. The van der Waals surface area contributed by atoms with E-state index < -0.39 is 5.41 Å². The number of para-hydroxylation sites is 4. The van der Waals surface area contributed by atoms with Crippen molar-refractivity contribution in [2.75, 3.05) is 4.90 Å². The van der Waals surface area contributed by atoms with Crippen molar-refractivity contribution in [1.82, 2.24) is 14.0 Å². The van der Waals surface area contributed by atoms with Crippen LogP contribution in [-0.4, -0.2) is 14.0 Å². The van der Waals surface area contributed by atoms with Gasteiger partial charge < -0.3 is 4.90 Å². The average molecular weight is 795 g/mol. The monoisotopic (exact) mass is 794 g/mol. The fraction of sp³-hybridized carbons (Fsp3) is 0.0179. The maximum atomic E-state index is 5.16. The summed E-state index contributed by atoms with van der Waals surface area (Å²) in [5.41, 5.74) is 18.9. The van der Waals surface area contributed by atoms with E-state index in [2.05, 4.69) is 220 Å². The predicted octanol–water partition coefficient (Wildman–Crippen LogP) is 14.6. The molecule has 0 saturated carbocycles. The van der Waals surface area contributed by atoms with Gasteiger partial charge in [0, 0.05) is 42.9 Å². The molecular formula is C56H34N4S. The van der Waals surface area contributed by atoms with Crippen molar-refractivity contribution in [3.63, 3.8) is 0 Å². The molecule has 1 spiro atoms. The van der Waals surface area contributed by atoms with Crippen LogP contribution in [0.25, 0.3) is 76.0 Å². The van der Waals surface area contributed by atoms with E-state index in [-0.39, 0.29) is 0 Å². The molecular weight excluding hydrogens is 761 g/mol. The second-order valence-electron chi connectivity index (χ2n) is 16.3. The average Bonchev–Trinajstić information content (AvgIpc) is 4.11. The zero-order valence-electron chi connectivity index (χ0n) is 32.8. The van der Waals surface area contributed by atoms with E-state index in [4.69, 9.17) is 4.98 Å². The molecule has 2 aliphatic rings. The summed E-state index contributed by atoms with van der Waals surface area (Å²) in [6, 6.07) is 76.1. The number of imidazole rings is 2. The lowest BCUT2D eigenvalue weighted by Crippen LogP contribution is -2.26. The highest BCUT2D eigenvalue weighted by molar-refractivity contribution is 7.25. The Balaban J connectivity index is 0.998. The van der Waals surface area contributed by atoms with Gasteiger partial charge in [-0.1, -0.05) is 127 Å². The quantitative estimate of drug-likeness (QED) is 0.177. The van der Waals surface area contributed by atoms with Gasteiger partial charge in [0.2, 0.25) is 5.78 Å². The topological polar surface area (TPSA) is 25.5 Å². The largest absolute Gasteiger partial charge is 0.310 e. The lowest BCUT2D eigenvalue weighted by atomic mass is 9.70. The van der Waals surface area contributed by atoms with E-state index in [1.54, 1.807) is 0 Å². The minimum absolute atomic E-state index is 0.436. The molecule has 0 atom stereocenters. The molecule has 3 heterocycles. The summed E-state index contributed by atoms with van der Waals surface area (Å²) in [5, 5.41) is 2.59. The van der Waals surface area contributed by atoms with Crippen LogP contribution in [-0.2, 0) is 5.41 Å². The third kappa shape index (κ3) is 4.35. The summed E-state index contributed by atoms with van der Waals surface area (Å²) < 4.78 is 7.15. The van der Waals surface area contributed by atoms with Crippen molar-refractivity contribution in [2.24, 2.45) is 0 Å². The number of anilines is 3. The van der Waals surface area contributed by atoms with Gasteiger partial charge in [0.15, 0.2) is 0 Å². The molecule has 5 heteroatoms. The smallest absolute Gasteiger partial charge is 0.220 e. The van der Waals surface area contributed by atoms with Crippen molar-refractivity contribution in [2.45, 2.75) is 5.41 Å². The first kappa shape index (κ1) is 33.1. The molecule has 14 rings (SSSR count). The van der Waals surface area contributed by atoms with Gasteiger partial charge in [-0.15, -0.1) is 11.3 Å². The van der Waals surface area contributed by atoms with Gasteiger partial charge in [0.05, 0.1) is 27.5 Å². The Morgan fingerprint density at radius 3 is 1.69 bits per heavy atom. The van der Waals surface area contributed by atoms with Gasteiger partial charge in [-0.3, -0.25) is 8.97 Å². The van der Waals surface area contributed by atoms with Crippen LogP contribution in [0.2, 0.25) is 0 Å². The van der Waals surface area contributed by atoms with Crippen LogP contribution in [0.5, 0.6) is 0 Å². The Labute approximate surface area is 355 Å². The maximum Gasteiger partial charge on any atom is 0.220 e. The van der Waals surface area contributed by atoms with Crippen molar-refractivity contribution in [1.29, 1.82) is 0 Å². The SMILES string of the molecule is c1ccc2c(c1)-c1ccccc1C21c2ccccc2-c2ccc(N(c3ccc(-n4c5ccccc5n5c6ccccc6nc45)cc3)c3ccc4c(c3)sc3ccccc34)cc21. The number of hydrogen-bond donors (Lipinski definition) is 0. The predicted molar refractivity (Wildman–Crippen MR) is 253 cm³/mol. The van der Waals surface area contributed by atoms with Gasteiger partial charge in [0.25, 0.3) is 0 Å². The highest BCUT2D eigenvalue weighted by Gasteiger charge is 2.51. The summed E-state index contributed by atoms with van der Waals surface area (Å²) in [7, 11) is 0. The van der Waals surface area contributed by atoms with E-state index in [9.17, 15) is 0 Å². The minimum atomic E-state index is -0.436. The molecule has 9 aromatic carbocycles. The van der Waals surface area contributed by atoms with Gasteiger partial charge in [0.1, 0.15) is 0 Å². The molecule has 0 N–H and O–H groups in total. The second kappa shape index (κ2) is 12.2. The molecule has 0 fully saturated rings. The standard InChI is InChI=1S/C56H34N4S/c1-5-17-45-39(13-1)40-14-2-6-18-46(40)56(45)47-19-7-3-15-41(47)42-31-29-37(33-48(42)56)58(38-30-32-44-43-16-4-12-24-53(43)61-54(44)34-38)35-25-27-36(28-26-35)59-51-22-10-11-23-52(51)60-50-21-9-8-20-49(50)57-55(59)60/h1-34H. The first-order valence-electron chi connectivity index (χ1n) is 20.9. The highest BCUT2D eigenvalue weighted by atomic mass is 32.1. The fourth-order valence-corrected chi connectivity index (χ4v) is 12.0. The van der Waals surface area contributed by atoms with Crippen molar-refractivity contribution in [3.8, 4) is 27.9 Å². The molecule has 284 valence electrons. The molecule has 2 aliphatic carbocycles. The molecule has 0 unspecified atom stereocenters. The maximum absolute atomic E-state index is 5.16. The van der Waals surface area contributed by atoms with E-state index >= 15 is 0 Å². The number of thiophene rings is 1. The molecule has 0 bridgehead atoms. The Hall–Kier alpha value is -7.73. The minimum Gasteiger partial charge on any atom is -0.310 e. The first-order chi connectivity index (χ1) is 30.3. The second-order valence-corrected chi connectivity index (χ2v) is 17.4. The van der Waals surface area contributed by atoms with E-state index in [1.165, 1.54) is 64.7 Å². The first-order valence-corrected chi connectivity index (χ1v) is 21.7. The third-order valence-corrected chi connectivity index (χ3v) is 14.5. The number of hydrogen-bond acceptors (Lipinski definition) is 3. The van der Waals surface area contributed by atoms with Crippen molar-refractivity contribution < 1.29 is 0 Å². The van der Waals surface area contributed by atoms with Gasteiger partial charge in [-0.25, -0.2) is 4.98 Å². The third-order valence-electron chi connectivity index (χ3n) is 13.3. The zero-order chi connectivity index (χ0) is 39.8. The zero-order valence-corrected chi connectivity index (χ0v) is 33.6. The summed E-state index contributed by atoms with van der Waals surface area (Å²) in [6.07, 6.45) is 0. The van der Waals surface area contributed by atoms with Crippen LogP contribution in [0, 0.1) is 0 Å². The van der Waals surface area contributed by atoms with Gasteiger partial charge in [-0.2, -0.15) is 0 Å². The fourth-order valence-electron chi connectivity index (χ4n) is 10.9. The summed E-state index contributed by atoms with van der Waals surface area (Å²) >= 11 is 1.86. The van der Waals surface area contributed by atoms with E-state index in [0.717, 1.165) is 50.6 Å². The Bertz CT molecular complexity index is 3730. The Morgan fingerprint density at radius 1 is 0.410 bits per heavy atom. The van der Waals surface area contributed by atoms with Crippen LogP contribution in [0.15, 0.2) is 206 Å². The number of aromatic nitrogens is 3. The molecule has 4 nitrogen and oxygen atoms in total. The lowest BCUT2D eigenvalue weighted by molar-refractivity contribution is 0.793. The van der Waals surface area contributed by atoms with Crippen LogP contribution in [0.3, 0.4) is 0 Å². The van der Waals surface area contributed by atoms with Crippen LogP contribution >= 0.6 is 11.3 Å². The Kier molecular flexibility index (Phi) is 6.61. The van der Waals surface area contributed by atoms with Crippen LogP contribution < -0.4 is 4.90 Å². The van der Waals surface area contributed by atoms with Crippen LogP contribution in [0.4, 0.5) is 17.1 Å². The summed E-state index contributed by atoms with van der Waals surface area (Å²) in [4.78, 5) is 7.61. The molecule has 12 aromatic rings. The van der Waals surface area contributed by atoms with E-state index in [1.807, 2.05) is 11.3 Å². The van der Waals surface area contributed by atoms with Gasteiger partial charge in [-0.05, 0) is 123 Å². The summed E-state index contributed by atoms with van der Waals surface area (Å²) in [5.74, 6) is 0.905. The molecule has 3 aromatic heterocycles. The highest BCUT2D eigenvalue weighted by Crippen LogP contribution is 2.63. The van der Waals surface area contributed by atoms with Gasteiger partial charge >= 0.3 is 0 Å².